The number of sulfonamides is 1. The van der Waals surface area contributed by atoms with Crippen molar-refractivity contribution in [1.29, 1.82) is 0 Å². The number of amides is 1. The largest absolute Gasteiger partial charge is 0.480 e. The molecule has 0 aliphatic carbocycles. The lowest BCUT2D eigenvalue weighted by Gasteiger charge is -2.48. The topological polar surface area (TPSA) is 149 Å². The van der Waals surface area contributed by atoms with Gasteiger partial charge in [-0.3, -0.25) is 4.79 Å². The molecular weight excluding hydrogens is 619 g/mol. The Bertz CT molecular complexity index is 1700. The maximum atomic E-state index is 13.9. The van der Waals surface area contributed by atoms with Gasteiger partial charge in [0.25, 0.3) is 5.79 Å². The number of alkyl carbamates (subject to hydrolysis) is 1. The van der Waals surface area contributed by atoms with Crippen molar-refractivity contribution in [2.45, 2.75) is 63.4 Å². The van der Waals surface area contributed by atoms with E-state index in [0.717, 1.165) is 5.56 Å². The van der Waals surface area contributed by atoms with E-state index in [4.69, 9.17) is 14.2 Å². The van der Waals surface area contributed by atoms with E-state index in [-0.39, 0.29) is 30.2 Å². The van der Waals surface area contributed by atoms with Crippen molar-refractivity contribution in [1.82, 2.24) is 9.62 Å². The molecule has 46 heavy (non-hydrogen) atoms. The molecule has 11 nitrogen and oxygen atoms in total. The molecule has 1 atom stereocenters. The minimum absolute atomic E-state index is 0.0548. The monoisotopic (exact) mass is 656 g/mol. The summed E-state index contributed by atoms with van der Waals surface area (Å²) in [7, 11) is -4.06. The summed E-state index contributed by atoms with van der Waals surface area (Å²) in [5, 5.41) is 12.0. The summed E-state index contributed by atoms with van der Waals surface area (Å²) in [6.45, 7) is 7.45. The molecule has 3 aromatic carbocycles. The molecule has 1 aliphatic rings. The van der Waals surface area contributed by atoms with Gasteiger partial charge in [0, 0.05) is 26.3 Å². The molecule has 1 amide bonds. The van der Waals surface area contributed by atoms with E-state index in [1.54, 1.807) is 39.0 Å². The van der Waals surface area contributed by atoms with Crippen molar-refractivity contribution in [3.05, 3.63) is 95.8 Å². The molecule has 1 heterocycles. The molecule has 0 bridgehead atoms. The van der Waals surface area contributed by atoms with Gasteiger partial charge < -0.3 is 24.6 Å². The highest BCUT2D eigenvalue weighted by molar-refractivity contribution is 7.89. The Labute approximate surface area is 267 Å². The number of esters is 1. The summed E-state index contributed by atoms with van der Waals surface area (Å²) >= 11 is 0. The van der Waals surface area contributed by atoms with Crippen LogP contribution in [0, 0.1) is 11.2 Å². The molecule has 1 aliphatic heterocycles. The van der Waals surface area contributed by atoms with E-state index in [9.17, 15) is 32.3 Å². The van der Waals surface area contributed by atoms with Crippen LogP contribution in [0.3, 0.4) is 0 Å². The van der Waals surface area contributed by atoms with Gasteiger partial charge in [-0.2, -0.15) is 4.31 Å². The lowest BCUT2D eigenvalue weighted by Crippen LogP contribution is -2.64. The van der Waals surface area contributed by atoms with Crippen LogP contribution in [-0.2, 0) is 41.1 Å². The zero-order valence-electron chi connectivity index (χ0n) is 26.2. The van der Waals surface area contributed by atoms with Crippen LogP contribution in [0.1, 0.15) is 45.7 Å². The van der Waals surface area contributed by atoms with Gasteiger partial charge in [0.05, 0.1) is 23.4 Å². The highest BCUT2D eigenvalue weighted by Crippen LogP contribution is 2.40. The summed E-state index contributed by atoms with van der Waals surface area (Å²) in [6, 6.07) is 18.9. The predicted octanol–water partition coefficient (Wildman–Crippen LogP) is 4.85. The van der Waals surface area contributed by atoms with E-state index in [0.29, 0.717) is 5.56 Å². The summed E-state index contributed by atoms with van der Waals surface area (Å²) in [4.78, 5) is 36.7. The van der Waals surface area contributed by atoms with Crippen LogP contribution in [0.25, 0.3) is 0 Å². The summed E-state index contributed by atoms with van der Waals surface area (Å²) in [6.07, 6.45) is -1.41. The van der Waals surface area contributed by atoms with Crippen molar-refractivity contribution in [2.75, 3.05) is 13.1 Å². The fraction of sp³-hybridized carbons (Fsp3) is 0.364. The van der Waals surface area contributed by atoms with Crippen LogP contribution in [0.5, 0.6) is 5.75 Å². The number of hydrogen-bond acceptors (Lipinski definition) is 8. The number of rotatable bonds is 11. The van der Waals surface area contributed by atoms with Crippen LogP contribution >= 0.6 is 0 Å². The number of halogens is 1. The van der Waals surface area contributed by atoms with Crippen LogP contribution in [0.4, 0.5) is 9.18 Å². The fourth-order valence-corrected chi connectivity index (χ4v) is 6.31. The lowest BCUT2D eigenvalue weighted by molar-refractivity contribution is -0.203. The van der Waals surface area contributed by atoms with E-state index in [1.807, 2.05) is 18.2 Å². The number of nitrogens with one attached hydrogen (secondary N) is 1. The Morgan fingerprint density at radius 3 is 2.20 bits per heavy atom. The summed E-state index contributed by atoms with van der Waals surface area (Å²) in [5.41, 5.74) is -0.886. The Morgan fingerprint density at radius 1 is 0.935 bits per heavy atom. The highest BCUT2D eigenvalue weighted by Gasteiger charge is 2.52. The van der Waals surface area contributed by atoms with Crippen LogP contribution in [-0.4, -0.2) is 60.8 Å². The van der Waals surface area contributed by atoms with Gasteiger partial charge in [-0.25, -0.2) is 22.4 Å². The van der Waals surface area contributed by atoms with Gasteiger partial charge in [0.2, 0.25) is 10.0 Å². The smallest absolute Gasteiger partial charge is 0.411 e. The molecule has 1 fully saturated rings. The first-order valence-corrected chi connectivity index (χ1v) is 15.9. The Morgan fingerprint density at radius 2 is 1.59 bits per heavy atom. The third kappa shape index (κ3) is 8.20. The molecule has 2 N–H and O–H groups in total. The standard InChI is InChI=1S/C33H37FN2O9S/c1-31(2,3)29(39)44-32(4,5)45-30(40)35-27(28(37)38)18-22-11-9-16-26(17-22)46(41,42)36-20-33(21-36,23-12-7-6-8-13-23)43-25-15-10-14-24(34)19-25/h6-17,19,27H,18,20-21H2,1-5H3,(H,35,40)(H,37,38)/t27-/m0/s1. The number of carboxylic acid groups (broad SMARTS) is 1. The molecule has 0 spiro atoms. The molecule has 3 aromatic rings. The van der Waals surface area contributed by atoms with Crippen LogP contribution in [0.15, 0.2) is 83.8 Å². The number of carbonyl (C=O) groups excluding carboxylic acids is 2. The van der Waals surface area contributed by atoms with Crippen molar-refractivity contribution >= 4 is 28.1 Å². The Balaban J connectivity index is 1.47. The molecule has 0 saturated carbocycles. The van der Waals surface area contributed by atoms with E-state index < -0.39 is 56.7 Å². The molecule has 0 radical (unpaired) electrons. The van der Waals surface area contributed by atoms with Crippen molar-refractivity contribution in [2.24, 2.45) is 5.41 Å². The predicted molar refractivity (Wildman–Crippen MR) is 165 cm³/mol. The normalized spacial score (nSPS) is 15.6. The number of carbonyl (C=O) groups is 3. The van der Waals surface area contributed by atoms with Crippen molar-refractivity contribution in [3.8, 4) is 5.75 Å². The molecular formula is C33H37FN2O9S. The molecule has 246 valence electrons. The molecule has 0 unspecified atom stereocenters. The second-order valence-electron chi connectivity index (χ2n) is 12.5. The maximum Gasteiger partial charge on any atom is 0.411 e. The molecule has 4 rings (SSSR count). The first kappa shape index (κ1) is 34.4. The van der Waals surface area contributed by atoms with Crippen molar-refractivity contribution < 1.29 is 46.5 Å². The summed E-state index contributed by atoms with van der Waals surface area (Å²) < 4.78 is 59.0. The average molecular weight is 657 g/mol. The third-order valence-electron chi connectivity index (χ3n) is 7.13. The molecule has 13 heteroatoms. The first-order chi connectivity index (χ1) is 21.4. The van der Waals surface area contributed by atoms with Crippen molar-refractivity contribution in [3.63, 3.8) is 0 Å². The van der Waals surface area contributed by atoms with Gasteiger partial charge in [-0.05, 0) is 56.2 Å². The SMILES string of the molecule is CC(C)(OC(=O)N[C@@H](Cc1cccc(S(=O)(=O)N2CC(Oc3cccc(F)c3)(c3ccccc3)C2)c1)C(=O)O)OC(=O)C(C)(C)C. The third-order valence-corrected chi connectivity index (χ3v) is 8.92. The average Bonchev–Trinajstić information content (AvgIpc) is 2.94. The highest BCUT2D eigenvalue weighted by atomic mass is 32.2. The fourth-order valence-electron chi connectivity index (χ4n) is 4.71. The Hall–Kier alpha value is -4.49. The number of hydrogen-bond donors (Lipinski definition) is 2. The minimum Gasteiger partial charge on any atom is -0.480 e. The second-order valence-corrected chi connectivity index (χ2v) is 14.4. The number of nitrogens with zero attached hydrogens (tertiary/aromatic N) is 1. The number of benzene rings is 3. The van der Waals surface area contributed by atoms with Crippen LogP contribution in [0.2, 0.25) is 0 Å². The maximum absolute atomic E-state index is 13.9. The van der Waals surface area contributed by atoms with Gasteiger partial charge in [-0.1, -0.05) is 48.5 Å². The van der Waals surface area contributed by atoms with Gasteiger partial charge >= 0.3 is 18.0 Å². The second kappa shape index (κ2) is 13.1. The Kier molecular flexibility index (Phi) is 9.78. The van der Waals surface area contributed by atoms with Gasteiger partial charge in [0.15, 0.2) is 5.60 Å². The minimum atomic E-state index is -4.06. The van der Waals surface area contributed by atoms with E-state index in [1.165, 1.54) is 60.6 Å². The lowest BCUT2D eigenvalue weighted by atomic mass is 9.87. The summed E-state index contributed by atoms with van der Waals surface area (Å²) in [5.74, 6) is -3.93. The van der Waals surface area contributed by atoms with Crippen LogP contribution < -0.4 is 10.1 Å². The van der Waals surface area contributed by atoms with Gasteiger partial charge in [0.1, 0.15) is 17.6 Å². The quantitative estimate of drug-likeness (QED) is 0.218. The molecule has 0 aromatic heterocycles. The zero-order chi connectivity index (χ0) is 33.9. The number of aliphatic carboxylic acids is 1. The zero-order valence-corrected chi connectivity index (χ0v) is 27.0. The molecule has 1 saturated heterocycles. The van der Waals surface area contributed by atoms with E-state index in [2.05, 4.69) is 5.32 Å². The number of ether oxygens (including phenoxy) is 3. The number of carboxylic acids is 1. The first-order valence-electron chi connectivity index (χ1n) is 14.5. The van der Waals surface area contributed by atoms with Gasteiger partial charge in [-0.15, -0.1) is 0 Å². The van der Waals surface area contributed by atoms with E-state index >= 15 is 0 Å².